The fraction of sp³-hybridized carbons (Fsp3) is 0.207. The minimum atomic E-state index is -0.358. The van der Waals surface area contributed by atoms with E-state index in [1.54, 1.807) is 6.26 Å². The Morgan fingerprint density at radius 2 is 1.71 bits per heavy atom. The first-order valence-corrected chi connectivity index (χ1v) is 11.6. The van der Waals surface area contributed by atoms with Crippen LogP contribution in [0.25, 0.3) is 27.7 Å². The van der Waals surface area contributed by atoms with E-state index in [0.29, 0.717) is 24.7 Å². The average molecular weight is 474 g/mol. The van der Waals surface area contributed by atoms with Crippen molar-refractivity contribution < 1.29 is 23.1 Å². The van der Waals surface area contributed by atoms with Crippen LogP contribution in [0.15, 0.2) is 71.4 Å². The zero-order valence-electron chi connectivity index (χ0n) is 20.3. The molecule has 0 aliphatic carbocycles. The van der Waals surface area contributed by atoms with Gasteiger partial charge in [0.1, 0.15) is 22.9 Å². The van der Waals surface area contributed by atoms with Crippen LogP contribution in [-0.4, -0.2) is 19.1 Å². The average Bonchev–Trinajstić information content (AvgIpc) is 3.27. The maximum Gasteiger partial charge on any atom is 0.248 e. The molecular weight excluding hydrogens is 445 g/mol. The Kier molecular flexibility index (Phi) is 7.20. The lowest BCUT2D eigenvalue weighted by Gasteiger charge is -2.15. The standard InChI is InChI=1S/C29H28FNO4/c1-5-33-23-13-7-20(8-14-23)26-17-35-29-19(4)28(34-6-2)24(16-25(26)29)18(3)15-27(32)31-22-11-9-21(30)10-12-22/h7-17H,5-6H2,1-4H3,(H,31,32)/b18-15+. The Balaban J connectivity index is 1.74. The first-order valence-electron chi connectivity index (χ1n) is 11.6. The minimum Gasteiger partial charge on any atom is -0.494 e. The number of ether oxygens (including phenoxy) is 2. The monoisotopic (exact) mass is 473 g/mol. The van der Waals surface area contributed by atoms with Crippen LogP contribution in [0, 0.1) is 12.7 Å². The van der Waals surface area contributed by atoms with Crippen LogP contribution in [0.4, 0.5) is 10.1 Å². The molecule has 35 heavy (non-hydrogen) atoms. The van der Waals surface area contributed by atoms with Crippen LogP contribution in [0.3, 0.4) is 0 Å². The van der Waals surface area contributed by atoms with Crippen molar-refractivity contribution >= 4 is 28.1 Å². The van der Waals surface area contributed by atoms with Crippen molar-refractivity contribution in [2.75, 3.05) is 18.5 Å². The van der Waals surface area contributed by atoms with E-state index in [1.165, 1.54) is 30.3 Å². The molecule has 1 aromatic heterocycles. The highest BCUT2D eigenvalue weighted by Gasteiger charge is 2.19. The Bertz CT molecular complexity index is 1370. The molecule has 0 aliphatic rings. The van der Waals surface area contributed by atoms with Crippen LogP contribution in [0.5, 0.6) is 11.5 Å². The molecular formula is C29H28FNO4. The van der Waals surface area contributed by atoms with E-state index in [2.05, 4.69) is 5.32 Å². The van der Waals surface area contributed by atoms with E-state index < -0.39 is 0 Å². The zero-order chi connectivity index (χ0) is 24.9. The summed E-state index contributed by atoms with van der Waals surface area (Å²) >= 11 is 0. The summed E-state index contributed by atoms with van der Waals surface area (Å²) < 4.78 is 30.7. The molecule has 180 valence electrons. The third kappa shape index (κ3) is 5.22. The summed E-state index contributed by atoms with van der Waals surface area (Å²) in [6.07, 6.45) is 3.26. The molecule has 1 heterocycles. The van der Waals surface area contributed by atoms with Crippen molar-refractivity contribution in [1.29, 1.82) is 0 Å². The lowest BCUT2D eigenvalue weighted by atomic mass is 9.96. The number of fused-ring (bicyclic) bond motifs is 1. The van der Waals surface area contributed by atoms with Crippen molar-refractivity contribution in [2.45, 2.75) is 27.7 Å². The highest BCUT2D eigenvalue weighted by molar-refractivity contribution is 6.06. The number of rotatable bonds is 8. The maximum atomic E-state index is 13.2. The topological polar surface area (TPSA) is 60.7 Å². The molecule has 0 aliphatic heterocycles. The first kappa shape index (κ1) is 24.1. The second-order valence-electron chi connectivity index (χ2n) is 8.12. The molecule has 5 nitrogen and oxygen atoms in total. The lowest BCUT2D eigenvalue weighted by Crippen LogP contribution is -2.09. The van der Waals surface area contributed by atoms with E-state index >= 15 is 0 Å². The van der Waals surface area contributed by atoms with Gasteiger partial charge < -0.3 is 19.2 Å². The summed E-state index contributed by atoms with van der Waals surface area (Å²) in [5, 5.41) is 3.70. The molecule has 0 atom stereocenters. The first-order chi connectivity index (χ1) is 16.9. The number of amides is 1. The van der Waals surface area contributed by atoms with E-state index in [9.17, 15) is 9.18 Å². The van der Waals surface area contributed by atoms with Gasteiger partial charge >= 0.3 is 0 Å². The predicted octanol–water partition coefficient (Wildman–Crippen LogP) is 7.39. The van der Waals surface area contributed by atoms with Crippen molar-refractivity contribution in [3.8, 4) is 22.6 Å². The molecule has 6 heteroatoms. The van der Waals surface area contributed by atoms with E-state index in [4.69, 9.17) is 13.9 Å². The number of hydrogen-bond acceptors (Lipinski definition) is 4. The zero-order valence-corrected chi connectivity index (χ0v) is 20.3. The number of nitrogens with one attached hydrogen (secondary N) is 1. The van der Waals surface area contributed by atoms with Gasteiger partial charge in [-0.1, -0.05) is 12.1 Å². The fourth-order valence-corrected chi connectivity index (χ4v) is 4.05. The summed E-state index contributed by atoms with van der Waals surface area (Å²) in [5.41, 5.74) is 5.60. The molecule has 0 saturated heterocycles. The third-order valence-electron chi connectivity index (χ3n) is 5.69. The number of allylic oxidation sites excluding steroid dienone is 1. The highest BCUT2D eigenvalue weighted by atomic mass is 19.1. The number of halogens is 1. The fourth-order valence-electron chi connectivity index (χ4n) is 4.05. The molecule has 1 N–H and O–H groups in total. The SMILES string of the molecule is CCOc1ccc(-c2coc3c(C)c(OCC)c(/C(C)=C/C(=O)Nc4ccc(F)cc4)cc23)cc1. The van der Waals surface area contributed by atoms with Gasteiger partial charge in [-0.15, -0.1) is 0 Å². The summed E-state index contributed by atoms with van der Waals surface area (Å²) in [6.45, 7) is 8.77. The Morgan fingerprint density at radius 1 is 1.03 bits per heavy atom. The molecule has 0 radical (unpaired) electrons. The summed E-state index contributed by atoms with van der Waals surface area (Å²) in [5.74, 6) is 0.818. The third-order valence-corrected chi connectivity index (χ3v) is 5.69. The molecule has 3 aromatic carbocycles. The molecule has 0 bridgehead atoms. The summed E-state index contributed by atoms with van der Waals surface area (Å²) in [7, 11) is 0. The van der Waals surface area contributed by atoms with Gasteiger partial charge in [-0.2, -0.15) is 0 Å². The number of benzene rings is 3. The molecule has 4 rings (SSSR count). The van der Waals surface area contributed by atoms with E-state index in [-0.39, 0.29) is 11.7 Å². The van der Waals surface area contributed by atoms with E-state index in [0.717, 1.165) is 44.5 Å². The normalized spacial score (nSPS) is 11.5. The highest BCUT2D eigenvalue weighted by Crippen LogP contribution is 2.41. The second-order valence-corrected chi connectivity index (χ2v) is 8.12. The van der Waals surface area contributed by atoms with E-state index in [1.807, 2.05) is 58.0 Å². The quantitative estimate of drug-likeness (QED) is 0.271. The van der Waals surface area contributed by atoms with Crippen molar-refractivity contribution in [3.05, 3.63) is 83.9 Å². The molecule has 0 spiro atoms. The molecule has 1 amide bonds. The number of hydrogen-bond donors (Lipinski definition) is 1. The van der Waals surface area contributed by atoms with Gasteiger partial charge in [0.15, 0.2) is 0 Å². The predicted molar refractivity (Wildman–Crippen MR) is 137 cm³/mol. The summed E-state index contributed by atoms with van der Waals surface area (Å²) in [6, 6.07) is 15.5. The van der Waals surface area contributed by atoms with Gasteiger partial charge in [-0.3, -0.25) is 4.79 Å². The largest absolute Gasteiger partial charge is 0.494 e. The number of furan rings is 1. The number of aryl methyl sites for hydroxylation is 1. The molecule has 0 fully saturated rings. The van der Waals surface area contributed by atoms with Gasteiger partial charge in [0.25, 0.3) is 0 Å². The van der Waals surface area contributed by atoms with Gasteiger partial charge in [-0.05, 0) is 81.3 Å². The van der Waals surface area contributed by atoms with Crippen molar-refractivity contribution in [3.63, 3.8) is 0 Å². The van der Waals surface area contributed by atoms with Crippen LogP contribution in [-0.2, 0) is 4.79 Å². The van der Waals surface area contributed by atoms with Gasteiger partial charge in [-0.25, -0.2) is 4.39 Å². The summed E-state index contributed by atoms with van der Waals surface area (Å²) in [4.78, 5) is 12.7. The maximum absolute atomic E-state index is 13.2. The van der Waals surface area contributed by atoms with Gasteiger partial charge in [0, 0.05) is 33.8 Å². The Hall–Kier alpha value is -4.06. The number of carbonyl (C=O) groups excluding carboxylic acids is 1. The lowest BCUT2D eigenvalue weighted by molar-refractivity contribution is -0.111. The molecule has 4 aromatic rings. The Morgan fingerprint density at radius 3 is 2.37 bits per heavy atom. The Labute approximate surface area is 204 Å². The van der Waals surface area contributed by atoms with Crippen LogP contribution < -0.4 is 14.8 Å². The van der Waals surface area contributed by atoms with Gasteiger partial charge in [0.2, 0.25) is 5.91 Å². The number of anilines is 1. The van der Waals surface area contributed by atoms with Crippen LogP contribution in [0.1, 0.15) is 31.9 Å². The molecule has 0 saturated carbocycles. The minimum absolute atomic E-state index is 0.312. The van der Waals surface area contributed by atoms with Gasteiger partial charge in [0.05, 0.1) is 19.5 Å². The number of carbonyl (C=O) groups is 1. The second kappa shape index (κ2) is 10.5. The molecule has 0 unspecified atom stereocenters. The van der Waals surface area contributed by atoms with Crippen LogP contribution in [0.2, 0.25) is 0 Å². The smallest absolute Gasteiger partial charge is 0.248 e. The van der Waals surface area contributed by atoms with Crippen LogP contribution >= 0.6 is 0 Å². The van der Waals surface area contributed by atoms with Crippen molar-refractivity contribution in [1.82, 2.24) is 0 Å². The van der Waals surface area contributed by atoms with Crippen molar-refractivity contribution in [2.24, 2.45) is 0 Å².